The maximum atomic E-state index is 11.0. The summed E-state index contributed by atoms with van der Waals surface area (Å²) < 4.78 is 6.12. The van der Waals surface area contributed by atoms with E-state index in [2.05, 4.69) is 21.8 Å². The number of hydrogen-bond donors (Lipinski definition) is 1. The van der Waals surface area contributed by atoms with Crippen molar-refractivity contribution in [1.82, 2.24) is 14.9 Å². The smallest absolute Gasteiger partial charge is 0.224 e. The first kappa shape index (κ1) is 18.1. The van der Waals surface area contributed by atoms with Crippen LogP contribution in [-0.4, -0.2) is 39.5 Å². The van der Waals surface area contributed by atoms with Crippen molar-refractivity contribution in [2.45, 2.75) is 45.4 Å². The number of thiazole rings is 1. The van der Waals surface area contributed by atoms with E-state index in [0.29, 0.717) is 11.2 Å². The average Bonchev–Trinajstić information content (AvgIpc) is 3.09. The van der Waals surface area contributed by atoms with E-state index < -0.39 is 0 Å². The van der Waals surface area contributed by atoms with Crippen LogP contribution in [0.5, 0.6) is 5.75 Å². The fourth-order valence-electron chi connectivity index (χ4n) is 3.02. The van der Waals surface area contributed by atoms with Gasteiger partial charge in [0.25, 0.3) is 0 Å². The lowest BCUT2D eigenvalue weighted by atomic mass is 10.2. The van der Waals surface area contributed by atoms with Crippen LogP contribution < -0.4 is 10.5 Å². The van der Waals surface area contributed by atoms with Crippen LogP contribution in [0.1, 0.15) is 28.8 Å². The summed E-state index contributed by atoms with van der Waals surface area (Å²) in [6, 6.07) is 2.22. The zero-order chi connectivity index (χ0) is 18.0. The Morgan fingerprint density at radius 2 is 2.28 bits per heavy atom. The number of amides is 1. The molecule has 8 heteroatoms. The van der Waals surface area contributed by atoms with Crippen molar-refractivity contribution in [3.8, 4) is 5.75 Å². The fraction of sp³-hybridized carbons (Fsp3) is 0.471. The van der Waals surface area contributed by atoms with Crippen molar-refractivity contribution in [3.05, 3.63) is 39.1 Å². The van der Waals surface area contributed by atoms with Gasteiger partial charge in [0.15, 0.2) is 0 Å². The fourth-order valence-corrected chi connectivity index (χ4v) is 4.19. The van der Waals surface area contributed by atoms with Gasteiger partial charge in [-0.05, 0) is 25.5 Å². The molecular weight excluding hydrogens is 360 g/mol. The number of halogens is 1. The van der Waals surface area contributed by atoms with E-state index in [0.717, 1.165) is 40.7 Å². The third-order valence-corrected chi connectivity index (χ3v) is 5.46. The quantitative estimate of drug-likeness (QED) is 0.779. The number of aromatic nitrogens is 2. The van der Waals surface area contributed by atoms with Gasteiger partial charge in [-0.15, -0.1) is 11.3 Å². The topological polar surface area (TPSA) is 81.3 Å². The van der Waals surface area contributed by atoms with Gasteiger partial charge in [-0.1, -0.05) is 11.6 Å². The minimum absolute atomic E-state index is 0.120. The van der Waals surface area contributed by atoms with Crippen molar-refractivity contribution in [3.63, 3.8) is 0 Å². The normalized spacial score (nSPS) is 20.8. The number of ether oxygens (including phenoxy) is 1. The molecule has 1 aliphatic heterocycles. The van der Waals surface area contributed by atoms with Crippen LogP contribution in [-0.2, 0) is 17.8 Å². The second-order valence-corrected chi connectivity index (χ2v) is 7.98. The van der Waals surface area contributed by atoms with Gasteiger partial charge in [0.2, 0.25) is 5.91 Å². The highest BCUT2D eigenvalue weighted by molar-refractivity contribution is 7.11. The minimum atomic E-state index is -0.351. The van der Waals surface area contributed by atoms with Crippen molar-refractivity contribution in [2.75, 3.05) is 6.54 Å². The van der Waals surface area contributed by atoms with E-state index in [-0.39, 0.29) is 18.4 Å². The first-order valence-corrected chi connectivity index (χ1v) is 9.35. The molecule has 0 bridgehead atoms. The number of likely N-dealkylation sites (tertiary alicyclic amines) is 1. The molecule has 0 aliphatic carbocycles. The van der Waals surface area contributed by atoms with E-state index in [1.54, 1.807) is 17.5 Å². The SMILES string of the molecule is Cc1cc(Cl)ncc1O[C@@H]1C[C@H](C)N(Cc2cnc(CC(N)=O)s2)C1. The molecule has 2 N–H and O–H groups in total. The third kappa shape index (κ3) is 4.68. The van der Waals surface area contributed by atoms with Crippen LogP contribution in [0.3, 0.4) is 0 Å². The molecule has 2 aromatic heterocycles. The predicted molar refractivity (Wildman–Crippen MR) is 97.9 cm³/mol. The van der Waals surface area contributed by atoms with Crippen molar-refractivity contribution in [1.29, 1.82) is 0 Å². The molecule has 1 saturated heterocycles. The molecule has 0 saturated carbocycles. The zero-order valence-corrected chi connectivity index (χ0v) is 15.8. The Bertz CT molecular complexity index is 767. The maximum Gasteiger partial charge on any atom is 0.224 e. The summed E-state index contributed by atoms with van der Waals surface area (Å²) in [5.41, 5.74) is 6.21. The molecule has 1 fully saturated rings. The molecule has 0 radical (unpaired) electrons. The van der Waals surface area contributed by atoms with Crippen LogP contribution in [0.2, 0.25) is 5.15 Å². The number of pyridine rings is 1. The van der Waals surface area contributed by atoms with Gasteiger partial charge < -0.3 is 10.5 Å². The maximum absolute atomic E-state index is 11.0. The predicted octanol–water partition coefficient (Wildman–Crippen LogP) is 2.57. The van der Waals surface area contributed by atoms with Gasteiger partial charge in [-0.3, -0.25) is 9.69 Å². The molecule has 1 amide bonds. The number of hydrogen-bond acceptors (Lipinski definition) is 6. The summed E-state index contributed by atoms with van der Waals surface area (Å²) >= 11 is 7.44. The van der Waals surface area contributed by atoms with Gasteiger partial charge >= 0.3 is 0 Å². The van der Waals surface area contributed by atoms with Crippen molar-refractivity contribution < 1.29 is 9.53 Å². The van der Waals surface area contributed by atoms with E-state index in [4.69, 9.17) is 22.1 Å². The second-order valence-electron chi connectivity index (χ2n) is 6.39. The second kappa shape index (κ2) is 7.68. The number of primary amides is 1. The molecule has 6 nitrogen and oxygen atoms in total. The van der Waals surface area contributed by atoms with Crippen LogP contribution in [0.25, 0.3) is 0 Å². The number of carbonyl (C=O) groups is 1. The van der Waals surface area contributed by atoms with Gasteiger partial charge in [-0.25, -0.2) is 9.97 Å². The average molecular weight is 381 g/mol. The lowest BCUT2D eigenvalue weighted by Gasteiger charge is -2.19. The molecule has 2 atom stereocenters. The molecule has 134 valence electrons. The first-order valence-electron chi connectivity index (χ1n) is 8.15. The molecule has 0 unspecified atom stereocenters. The van der Waals surface area contributed by atoms with E-state index in [9.17, 15) is 4.79 Å². The van der Waals surface area contributed by atoms with Crippen LogP contribution in [0, 0.1) is 6.92 Å². The molecule has 3 rings (SSSR count). The summed E-state index contributed by atoms with van der Waals surface area (Å²) in [4.78, 5) is 22.9. The van der Waals surface area contributed by atoms with Gasteiger partial charge in [0, 0.05) is 36.6 Å². The Morgan fingerprint density at radius 1 is 1.48 bits per heavy atom. The van der Waals surface area contributed by atoms with Gasteiger partial charge in [0.05, 0.1) is 12.6 Å². The third-order valence-electron chi connectivity index (χ3n) is 4.27. The number of nitrogens with zero attached hydrogens (tertiary/aromatic N) is 3. The number of rotatable bonds is 6. The number of aryl methyl sites for hydroxylation is 1. The Balaban J connectivity index is 1.59. The Kier molecular flexibility index (Phi) is 5.56. The molecular formula is C17H21ClN4O2S. The summed E-state index contributed by atoms with van der Waals surface area (Å²) in [6.07, 6.45) is 4.79. The first-order chi connectivity index (χ1) is 11.9. The number of carbonyl (C=O) groups excluding carboxylic acids is 1. The lowest BCUT2D eigenvalue weighted by Crippen LogP contribution is -2.27. The molecule has 3 heterocycles. The lowest BCUT2D eigenvalue weighted by molar-refractivity contribution is -0.117. The molecule has 1 aliphatic rings. The van der Waals surface area contributed by atoms with E-state index in [1.165, 1.54) is 0 Å². The minimum Gasteiger partial charge on any atom is -0.487 e. The Labute approximate surface area is 156 Å². The van der Waals surface area contributed by atoms with Crippen LogP contribution >= 0.6 is 22.9 Å². The van der Waals surface area contributed by atoms with Crippen molar-refractivity contribution >= 4 is 28.8 Å². The highest BCUT2D eigenvalue weighted by Gasteiger charge is 2.31. The van der Waals surface area contributed by atoms with Gasteiger partial charge in [-0.2, -0.15) is 0 Å². The molecule has 25 heavy (non-hydrogen) atoms. The largest absolute Gasteiger partial charge is 0.487 e. The Morgan fingerprint density at radius 3 is 3.00 bits per heavy atom. The van der Waals surface area contributed by atoms with E-state index >= 15 is 0 Å². The molecule has 2 aromatic rings. The van der Waals surface area contributed by atoms with Crippen LogP contribution in [0.15, 0.2) is 18.5 Å². The monoisotopic (exact) mass is 380 g/mol. The standard InChI is InChI=1S/C17H21ClN4O2S/c1-10-3-15(18)20-7-14(10)24-12-4-11(2)22(8-12)9-13-6-21-17(25-13)5-16(19)23/h3,6-7,11-12H,4-5,8-9H2,1-2H3,(H2,19,23)/t11-,12+/m0/s1. The van der Waals surface area contributed by atoms with Crippen molar-refractivity contribution in [2.24, 2.45) is 5.73 Å². The Hall–Kier alpha value is -1.70. The highest BCUT2D eigenvalue weighted by atomic mass is 35.5. The summed E-state index contributed by atoms with van der Waals surface area (Å²) in [7, 11) is 0. The highest BCUT2D eigenvalue weighted by Crippen LogP contribution is 2.28. The summed E-state index contributed by atoms with van der Waals surface area (Å²) in [5, 5.41) is 1.24. The number of nitrogens with two attached hydrogens (primary N) is 1. The molecule has 0 aromatic carbocycles. The molecule has 0 spiro atoms. The zero-order valence-electron chi connectivity index (χ0n) is 14.2. The summed E-state index contributed by atoms with van der Waals surface area (Å²) in [5.74, 6) is 0.431. The van der Waals surface area contributed by atoms with Crippen LogP contribution in [0.4, 0.5) is 0 Å². The van der Waals surface area contributed by atoms with Gasteiger partial charge in [0.1, 0.15) is 22.0 Å². The van der Waals surface area contributed by atoms with E-state index in [1.807, 2.05) is 19.2 Å². The summed E-state index contributed by atoms with van der Waals surface area (Å²) in [6.45, 7) is 5.81.